The Kier molecular flexibility index (Phi) is 4.68. The van der Waals surface area contributed by atoms with Gasteiger partial charge in [0.05, 0.1) is 6.20 Å². The van der Waals surface area contributed by atoms with Gasteiger partial charge in [0.25, 0.3) is 0 Å². The zero-order chi connectivity index (χ0) is 8.43. The molecular weight excluding hydrogens is 215 g/mol. The number of rotatable bonds is 1. The second-order valence-corrected chi connectivity index (χ2v) is 2.89. The zero-order valence-corrected chi connectivity index (χ0v) is 8.96. The minimum absolute atomic E-state index is 0. The van der Waals surface area contributed by atoms with Crippen LogP contribution in [0, 0.1) is 11.7 Å². The van der Waals surface area contributed by atoms with Crippen LogP contribution in [0.4, 0.5) is 4.39 Å². The third-order valence-corrected chi connectivity index (χ3v) is 1.57. The fourth-order valence-corrected chi connectivity index (χ4v) is 1.12. The van der Waals surface area contributed by atoms with Crippen LogP contribution in [-0.2, 0) is 18.6 Å². The van der Waals surface area contributed by atoms with Crippen molar-refractivity contribution in [2.45, 2.75) is 13.8 Å². The average Bonchev–Trinajstić information content (AvgIpc) is 1.85. The number of nitrogens with zero attached hydrogens (tertiary/aromatic N) is 1. The normalized spacial score (nSPS) is 9.00. The minimum atomic E-state index is -0.403. The van der Waals surface area contributed by atoms with Gasteiger partial charge in [-0.2, -0.15) is 5.92 Å². The quantitative estimate of drug-likeness (QED) is 0.667. The first kappa shape index (κ1) is 11.8. The van der Waals surface area contributed by atoms with Gasteiger partial charge >= 0.3 is 0 Å². The van der Waals surface area contributed by atoms with Crippen LogP contribution in [0.5, 0.6) is 0 Å². The van der Waals surface area contributed by atoms with E-state index in [-0.39, 0.29) is 18.6 Å². The number of pyridine rings is 1. The van der Waals surface area contributed by atoms with Gasteiger partial charge in [0.1, 0.15) is 5.82 Å². The molecule has 0 spiro atoms. The van der Waals surface area contributed by atoms with E-state index in [1.807, 2.05) is 13.8 Å². The molecule has 1 aromatic rings. The van der Waals surface area contributed by atoms with Crippen molar-refractivity contribution in [1.82, 2.24) is 4.98 Å². The van der Waals surface area contributed by atoms with E-state index in [0.717, 1.165) is 12.1 Å². The van der Waals surface area contributed by atoms with Crippen LogP contribution in [0.25, 0.3) is 0 Å². The summed E-state index contributed by atoms with van der Waals surface area (Å²) in [5, 5.41) is 0.366. The molecular formula is C8H8ClFNV-. The van der Waals surface area contributed by atoms with Crippen molar-refractivity contribution in [3.05, 3.63) is 34.7 Å². The Morgan fingerprint density at radius 1 is 1.50 bits per heavy atom. The third-order valence-electron chi connectivity index (χ3n) is 1.28. The summed E-state index contributed by atoms with van der Waals surface area (Å²) in [6.07, 6.45) is 1.16. The first-order valence-corrected chi connectivity index (χ1v) is 3.60. The Morgan fingerprint density at radius 2 is 2.08 bits per heavy atom. The predicted octanol–water partition coefficient (Wildman–Crippen LogP) is 2.83. The van der Waals surface area contributed by atoms with E-state index in [1.165, 1.54) is 6.07 Å². The van der Waals surface area contributed by atoms with E-state index >= 15 is 0 Å². The molecule has 0 amide bonds. The second kappa shape index (κ2) is 4.75. The number of hydrogen-bond acceptors (Lipinski definition) is 1. The summed E-state index contributed by atoms with van der Waals surface area (Å²) in [6.45, 7) is 3.76. The van der Waals surface area contributed by atoms with Crippen molar-refractivity contribution in [3.8, 4) is 0 Å². The van der Waals surface area contributed by atoms with Crippen LogP contribution in [-0.4, -0.2) is 4.98 Å². The SMILES string of the molecule is C[C-](C)c1ncc(F)cc1Cl.[V]. The fraction of sp³-hybridized carbons (Fsp3) is 0.250. The molecule has 0 saturated carbocycles. The third kappa shape index (κ3) is 2.70. The van der Waals surface area contributed by atoms with Crippen molar-refractivity contribution in [2.24, 2.45) is 0 Å². The minimum Gasteiger partial charge on any atom is -0.291 e. The van der Waals surface area contributed by atoms with E-state index in [1.54, 1.807) is 0 Å². The maximum Gasteiger partial charge on any atom is 0.125 e. The fourth-order valence-electron chi connectivity index (χ4n) is 0.782. The molecule has 0 N–H and O–H groups in total. The maximum atomic E-state index is 12.5. The van der Waals surface area contributed by atoms with E-state index in [0.29, 0.717) is 10.7 Å². The van der Waals surface area contributed by atoms with Gasteiger partial charge in [-0.15, -0.1) is 13.8 Å². The summed E-state index contributed by atoms with van der Waals surface area (Å²) in [7, 11) is 0. The maximum absolute atomic E-state index is 12.5. The molecule has 0 aliphatic heterocycles. The molecule has 1 heterocycles. The van der Waals surface area contributed by atoms with Gasteiger partial charge in [-0.1, -0.05) is 16.8 Å². The smallest absolute Gasteiger partial charge is 0.125 e. The van der Waals surface area contributed by atoms with Gasteiger partial charge in [0, 0.05) is 18.6 Å². The van der Waals surface area contributed by atoms with Crippen molar-refractivity contribution < 1.29 is 22.9 Å². The van der Waals surface area contributed by atoms with E-state index in [4.69, 9.17) is 11.6 Å². The summed E-state index contributed by atoms with van der Waals surface area (Å²) in [4.78, 5) is 3.83. The predicted molar refractivity (Wildman–Crippen MR) is 42.9 cm³/mol. The summed E-state index contributed by atoms with van der Waals surface area (Å²) in [6, 6.07) is 1.26. The Hall–Kier alpha value is -0.176. The molecule has 0 saturated heterocycles. The van der Waals surface area contributed by atoms with Gasteiger partial charge in [0.2, 0.25) is 0 Å². The van der Waals surface area contributed by atoms with Crippen LogP contribution >= 0.6 is 11.6 Å². The molecule has 1 rings (SSSR count). The van der Waals surface area contributed by atoms with Gasteiger partial charge in [-0.05, 0) is 0 Å². The topological polar surface area (TPSA) is 12.9 Å². The molecule has 0 atom stereocenters. The summed E-state index contributed by atoms with van der Waals surface area (Å²) in [5.41, 5.74) is 0.660. The molecule has 65 valence electrons. The van der Waals surface area contributed by atoms with Crippen LogP contribution < -0.4 is 0 Å². The van der Waals surface area contributed by atoms with Crippen LogP contribution in [0.15, 0.2) is 12.3 Å². The van der Waals surface area contributed by atoms with Gasteiger partial charge in [-0.3, -0.25) is 4.98 Å². The summed E-state index contributed by atoms with van der Waals surface area (Å²) < 4.78 is 12.5. The van der Waals surface area contributed by atoms with Crippen molar-refractivity contribution >= 4 is 11.6 Å². The average molecular weight is 224 g/mol. The standard InChI is InChI=1S/C8H8ClFN.V/c1-5(2)8-7(9)3-6(10)4-11-8;/h3-4H,1-2H3;/q-1;. The first-order chi connectivity index (χ1) is 5.11. The van der Waals surface area contributed by atoms with Crippen molar-refractivity contribution in [3.63, 3.8) is 0 Å². The largest absolute Gasteiger partial charge is 0.291 e. The van der Waals surface area contributed by atoms with E-state index in [2.05, 4.69) is 4.98 Å². The molecule has 1 nitrogen and oxygen atoms in total. The van der Waals surface area contributed by atoms with Crippen molar-refractivity contribution in [2.75, 3.05) is 0 Å². The monoisotopic (exact) mass is 223 g/mol. The molecule has 0 aromatic carbocycles. The van der Waals surface area contributed by atoms with E-state index in [9.17, 15) is 4.39 Å². The molecule has 4 heteroatoms. The summed E-state index contributed by atoms with van der Waals surface area (Å²) >= 11 is 5.70. The Morgan fingerprint density at radius 3 is 2.50 bits per heavy atom. The Bertz CT molecular complexity index is 265. The molecule has 0 unspecified atom stereocenters. The number of halogens is 2. The van der Waals surface area contributed by atoms with Gasteiger partial charge in [0.15, 0.2) is 0 Å². The van der Waals surface area contributed by atoms with E-state index < -0.39 is 5.82 Å². The van der Waals surface area contributed by atoms with Crippen LogP contribution in [0.2, 0.25) is 5.02 Å². The Labute approximate surface area is 88.2 Å². The summed E-state index contributed by atoms with van der Waals surface area (Å²) in [5.74, 6) is 0.579. The number of hydrogen-bond donors (Lipinski definition) is 0. The molecule has 0 aliphatic rings. The Balaban J connectivity index is 0.00000121. The molecule has 1 aromatic heterocycles. The molecule has 12 heavy (non-hydrogen) atoms. The van der Waals surface area contributed by atoms with Crippen LogP contribution in [0.1, 0.15) is 19.5 Å². The first-order valence-electron chi connectivity index (χ1n) is 3.23. The molecule has 0 fully saturated rings. The molecule has 1 radical (unpaired) electrons. The second-order valence-electron chi connectivity index (χ2n) is 2.48. The zero-order valence-electron chi connectivity index (χ0n) is 6.81. The van der Waals surface area contributed by atoms with Gasteiger partial charge < -0.3 is 0 Å². The number of aromatic nitrogens is 1. The molecule has 0 bridgehead atoms. The van der Waals surface area contributed by atoms with Crippen LogP contribution in [0.3, 0.4) is 0 Å². The van der Waals surface area contributed by atoms with Crippen molar-refractivity contribution in [1.29, 1.82) is 0 Å². The van der Waals surface area contributed by atoms with Gasteiger partial charge in [-0.25, -0.2) is 16.0 Å². The molecule has 0 aliphatic carbocycles.